The summed E-state index contributed by atoms with van der Waals surface area (Å²) in [7, 11) is -1.79. The van der Waals surface area contributed by atoms with Crippen LogP contribution in [0.15, 0.2) is 52.0 Å². The van der Waals surface area contributed by atoms with Crippen LogP contribution in [0.1, 0.15) is 25.3 Å². The van der Waals surface area contributed by atoms with Crippen LogP contribution < -0.4 is 4.74 Å². The average Bonchev–Trinajstić information content (AvgIpc) is 3.06. The molecular formula is C22H25BrClFN2O3S. The van der Waals surface area contributed by atoms with Gasteiger partial charge in [-0.1, -0.05) is 13.0 Å². The first kappa shape index (κ1) is 24.0. The van der Waals surface area contributed by atoms with Crippen LogP contribution in [0.2, 0.25) is 0 Å². The summed E-state index contributed by atoms with van der Waals surface area (Å²) >= 11 is 3.34. The van der Waals surface area contributed by atoms with Crippen molar-refractivity contribution in [1.82, 2.24) is 8.87 Å². The van der Waals surface area contributed by atoms with Crippen LogP contribution in [-0.2, 0) is 16.4 Å². The van der Waals surface area contributed by atoms with E-state index in [4.69, 9.17) is 4.74 Å². The molecule has 0 spiro atoms. The summed E-state index contributed by atoms with van der Waals surface area (Å²) < 4.78 is 48.4. The van der Waals surface area contributed by atoms with E-state index in [2.05, 4.69) is 27.9 Å². The molecule has 31 heavy (non-hydrogen) atoms. The number of benzene rings is 2. The molecule has 1 aliphatic rings. The van der Waals surface area contributed by atoms with E-state index < -0.39 is 15.8 Å². The molecule has 1 fully saturated rings. The van der Waals surface area contributed by atoms with Crippen molar-refractivity contribution in [3.8, 4) is 5.75 Å². The SMILES string of the molecule is CCc1ccc(S(=O)(=O)n2cc(Br)c3cc(F)ccc32)cc1OC1CCN(C)CC1.Cl. The van der Waals surface area contributed by atoms with Gasteiger partial charge in [0.15, 0.2) is 0 Å². The summed E-state index contributed by atoms with van der Waals surface area (Å²) in [6.45, 7) is 3.95. The molecule has 9 heteroatoms. The van der Waals surface area contributed by atoms with Gasteiger partial charge in [0, 0.05) is 35.2 Å². The third kappa shape index (κ3) is 4.77. The van der Waals surface area contributed by atoms with Crippen molar-refractivity contribution in [2.45, 2.75) is 37.2 Å². The Kier molecular flexibility index (Phi) is 7.35. The molecule has 2 aromatic carbocycles. The molecule has 0 saturated carbocycles. The Morgan fingerprint density at radius 3 is 2.55 bits per heavy atom. The summed E-state index contributed by atoms with van der Waals surface area (Å²) in [5, 5.41) is 0.506. The van der Waals surface area contributed by atoms with Crippen LogP contribution in [0.4, 0.5) is 4.39 Å². The van der Waals surface area contributed by atoms with Gasteiger partial charge in [0.25, 0.3) is 10.0 Å². The lowest BCUT2D eigenvalue weighted by Gasteiger charge is -2.30. The standard InChI is InChI=1S/C22H24BrFN2O3S.ClH/c1-3-15-4-6-18(13-22(15)29-17-8-10-25(2)11-9-17)30(27,28)26-14-20(23)19-12-16(24)5-7-21(19)26;/h4-7,12-14,17H,3,8-11H2,1-2H3;1H. The highest BCUT2D eigenvalue weighted by Gasteiger charge is 2.24. The number of ether oxygens (including phenoxy) is 1. The Bertz CT molecular complexity index is 1190. The van der Waals surface area contributed by atoms with E-state index in [-0.39, 0.29) is 23.4 Å². The van der Waals surface area contributed by atoms with E-state index in [0.29, 0.717) is 21.1 Å². The number of hydrogen-bond acceptors (Lipinski definition) is 4. The van der Waals surface area contributed by atoms with Crippen molar-refractivity contribution in [1.29, 1.82) is 0 Å². The second-order valence-corrected chi connectivity index (χ2v) is 10.4. The minimum absolute atomic E-state index is 0. The number of halogens is 3. The van der Waals surface area contributed by atoms with E-state index in [9.17, 15) is 12.8 Å². The van der Waals surface area contributed by atoms with Gasteiger partial charge >= 0.3 is 0 Å². The minimum Gasteiger partial charge on any atom is -0.490 e. The minimum atomic E-state index is -3.88. The smallest absolute Gasteiger partial charge is 0.268 e. The first-order valence-corrected chi connectivity index (χ1v) is 12.2. The fraction of sp³-hybridized carbons (Fsp3) is 0.364. The normalized spacial score (nSPS) is 15.7. The van der Waals surface area contributed by atoms with Gasteiger partial charge in [0.05, 0.1) is 10.4 Å². The molecule has 5 nitrogen and oxygen atoms in total. The molecule has 0 atom stereocenters. The maximum absolute atomic E-state index is 13.6. The zero-order chi connectivity index (χ0) is 21.5. The molecule has 1 aromatic heterocycles. The molecule has 2 heterocycles. The Morgan fingerprint density at radius 1 is 1.16 bits per heavy atom. The van der Waals surface area contributed by atoms with Crippen molar-refractivity contribution in [3.63, 3.8) is 0 Å². The maximum Gasteiger partial charge on any atom is 0.268 e. The van der Waals surface area contributed by atoms with Crippen molar-refractivity contribution in [2.24, 2.45) is 0 Å². The summed E-state index contributed by atoms with van der Waals surface area (Å²) in [6, 6.07) is 9.10. The number of fused-ring (bicyclic) bond motifs is 1. The lowest BCUT2D eigenvalue weighted by molar-refractivity contribution is 0.113. The fourth-order valence-electron chi connectivity index (χ4n) is 3.83. The van der Waals surface area contributed by atoms with Crippen LogP contribution in [0.25, 0.3) is 10.9 Å². The topological polar surface area (TPSA) is 51.5 Å². The summed E-state index contributed by atoms with van der Waals surface area (Å²) in [5.74, 6) is 0.203. The monoisotopic (exact) mass is 530 g/mol. The van der Waals surface area contributed by atoms with Crippen LogP contribution in [0.3, 0.4) is 0 Å². The predicted molar refractivity (Wildman–Crippen MR) is 126 cm³/mol. The summed E-state index contributed by atoms with van der Waals surface area (Å²) in [5.41, 5.74) is 1.40. The van der Waals surface area contributed by atoms with Gasteiger partial charge in [-0.15, -0.1) is 12.4 Å². The molecule has 3 aromatic rings. The number of rotatable bonds is 5. The van der Waals surface area contributed by atoms with Crippen molar-refractivity contribution >= 4 is 49.3 Å². The van der Waals surface area contributed by atoms with Gasteiger partial charge < -0.3 is 9.64 Å². The summed E-state index contributed by atoms with van der Waals surface area (Å²) in [4.78, 5) is 2.41. The van der Waals surface area contributed by atoms with Crippen LogP contribution >= 0.6 is 28.3 Å². The number of nitrogens with zero attached hydrogens (tertiary/aromatic N) is 2. The molecular weight excluding hydrogens is 507 g/mol. The van der Waals surface area contributed by atoms with Gasteiger partial charge in [-0.25, -0.2) is 16.8 Å². The van der Waals surface area contributed by atoms with Crippen LogP contribution in [-0.4, -0.2) is 43.5 Å². The Balaban J connectivity index is 0.00000272. The molecule has 0 N–H and O–H groups in total. The van der Waals surface area contributed by atoms with Crippen molar-refractivity contribution in [2.75, 3.05) is 20.1 Å². The zero-order valence-electron chi connectivity index (χ0n) is 17.3. The Morgan fingerprint density at radius 2 is 1.87 bits per heavy atom. The molecule has 0 unspecified atom stereocenters. The molecule has 1 saturated heterocycles. The molecule has 0 aliphatic carbocycles. The van der Waals surface area contributed by atoms with Gasteiger partial charge in [0.1, 0.15) is 17.7 Å². The number of hydrogen-bond donors (Lipinski definition) is 0. The maximum atomic E-state index is 13.6. The average molecular weight is 532 g/mol. The molecule has 0 amide bonds. The van der Waals surface area contributed by atoms with E-state index in [1.54, 1.807) is 12.1 Å². The van der Waals surface area contributed by atoms with E-state index in [1.807, 2.05) is 13.0 Å². The molecule has 168 valence electrons. The van der Waals surface area contributed by atoms with Crippen molar-refractivity contribution in [3.05, 3.63) is 58.4 Å². The first-order valence-electron chi connectivity index (χ1n) is 9.99. The third-order valence-corrected chi connectivity index (χ3v) is 7.92. The summed E-state index contributed by atoms with van der Waals surface area (Å²) in [6.07, 6.45) is 4.12. The highest BCUT2D eigenvalue weighted by Crippen LogP contribution is 2.32. The van der Waals surface area contributed by atoms with Gasteiger partial charge in [-0.3, -0.25) is 0 Å². The number of piperidine rings is 1. The second kappa shape index (κ2) is 9.48. The molecule has 4 rings (SSSR count). The predicted octanol–water partition coefficient (Wildman–Crippen LogP) is 5.24. The van der Waals surface area contributed by atoms with E-state index in [0.717, 1.165) is 37.9 Å². The van der Waals surface area contributed by atoms with Crippen molar-refractivity contribution < 1.29 is 17.5 Å². The Labute approximate surface area is 196 Å². The first-order chi connectivity index (χ1) is 14.3. The van der Waals surface area contributed by atoms with Gasteiger partial charge in [0.2, 0.25) is 0 Å². The van der Waals surface area contributed by atoms with Crippen LogP contribution in [0, 0.1) is 5.82 Å². The van der Waals surface area contributed by atoms with E-state index in [1.165, 1.54) is 28.4 Å². The number of aromatic nitrogens is 1. The third-order valence-electron chi connectivity index (χ3n) is 5.62. The van der Waals surface area contributed by atoms with E-state index >= 15 is 0 Å². The van der Waals surface area contributed by atoms with Gasteiger partial charge in [-0.05, 0) is 72.1 Å². The lowest BCUT2D eigenvalue weighted by Crippen LogP contribution is -2.35. The molecule has 1 aliphatic heterocycles. The fourth-order valence-corrected chi connectivity index (χ4v) is 5.87. The lowest BCUT2D eigenvalue weighted by atomic mass is 10.1. The quantitative estimate of drug-likeness (QED) is 0.452. The molecule has 0 radical (unpaired) electrons. The number of aryl methyl sites for hydroxylation is 1. The number of likely N-dealkylation sites (tertiary alicyclic amines) is 1. The zero-order valence-corrected chi connectivity index (χ0v) is 20.6. The largest absolute Gasteiger partial charge is 0.490 e. The highest BCUT2D eigenvalue weighted by atomic mass is 79.9. The van der Waals surface area contributed by atoms with Crippen LogP contribution in [0.5, 0.6) is 5.75 Å². The molecule has 0 bridgehead atoms. The Hall–Kier alpha value is -1.61. The second-order valence-electron chi connectivity index (χ2n) is 7.68. The van der Waals surface area contributed by atoms with Gasteiger partial charge in [-0.2, -0.15) is 0 Å². The highest BCUT2D eigenvalue weighted by molar-refractivity contribution is 9.10.